The Balaban J connectivity index is 1.76. The molecule has 1 atom stereocenters. The summed E-state index contributed by atoms with van der Waals surface area (Å²) >= 11 is 0. The molecule has 3 heterocycles. The molecule has 0 bridgehead atoms. The van der Waals surface area contributed by atoms with Crippen LogP contribution in [0.4, 0.5) is 5.82 Å². The van der Waals surface area contributed by atoms with Crippen LogP contribution >= 0.6 is 0 Å². The van der Waals surface area contributed by atoms with Crippen molar-refractivity contribution in [2.75, 3.05) is 19.5 Å². The molecule has 26 heavy (non-hydrogen) atoms. The molecule has 0 saturated carbocycles. The summed E-state index contributed by atoms with van der Waals surface area (Å²) in [6, 6.07) is 2.21. The zero-order valence-corrected chi connectivity index (χ0v) is 16.2. The summed E-state index contributed by atoms with van der Waals surface area (Å²) in [5.41, 5.74) is 0.760. The summed E-state index contributed by atoms with van der Waals surface area (Å²) in [6.07, 6.45) is 1.87. The number of fused-ring (bicyclic) bond motifs is 1. The minimum absolute atomic E-state index is 0.124. The van der Waals surface area contributed by atoms with Gasteiger partial charge in [0, 0.05) is 38.2 Å². The third-order valence-electron chi connectivity index (χ3n) is 4.27. The smallest absolute Gasteiger partial charge is 0.176 e. The Labute approximate surface area is 154 Å². The number of methoxy groups -OCH3 is 2. The summed E-state index contributed by atoms with van der Waals surface area (Å²) in [4.78, 5) is 13.9. The van der Waals surface area contributed by atoms with Crippen LogP contribution in [0.15, 0.2) is 6.07 Å². The third kappa shape index (κ3) is 4.37. The van der Waals surface area contributed by atoms with Gasteiger partial charge >= 0.3 is 0 Å². The van der Waals surface area contributed by atoms with Crippen LogP contribution in [0.5, 0.6) is 0 Å². The average molecular weight is 360 g/mol. The second kappa shape index (κ2) is 7.67. The van der Waals surface area contributed by atoms with E-state index in [9.17, 15) is 0 Å². The van der Waals surface area contributed by atoms with Crippen molar-refractivity contribution < 1.29 is 9.47 Å². The van der Waals surface area contributed by atoms with Crippen LogP contribution in [0.1, 0.15) is 50.4 Å². The number of anilines is 1. The molecule has 2 aromatic heterocycles. The highest BCUT2D eigenvalue weighted by Gasteiger charge is 2.24. The fraction of sp³-hybridized carbons (Fsp3) is 0.667. The Morgan fingerprint density at radius 3 is 2.62 bits per heavy atom. The second-order valence-corrected chi connectivity index (χ2v) is 7.69. The van der Waals surface area contributed by atoms with Crippen LogP contribution in [-0.2, 0) is 41.1 Å². The van der Waals surface area contributed by atoms with E-state index in [-0.39, 0.29) is 11.5 Å². The molecular weight excluding hydrogens is 332 g/mol. The molecule has 1 N–H and O–H groups in total. The van der Waals surface area contributed by atoms with Gasteiger partial charge < -0.3 is 14.8 Å². The van der Waals surface area contributed by atoms with E-state index < -0.39 is 0 Å². The van der Waals surface area contributed by atoms with Gasteiger partial charge in [-0.15, -0.1) is 0 Å². The Bertz CT molecular complexity index is 753. The van der Waals surface area contributed by atoms with Crippen molar-refractivity contribution in [2.45, 2.75) is 64.8 Å². The molecule has 142 valence electrons. The Kier molecular flexibility index (Phi) is 5.52. The van der Waals surface area contributed by atoms with E-state index in [0.717, 1.165) is 48.4 Å². The van der Waals surface area contributed by atoms with Gasteiger partial charge in [0.25, 0.3) is 0 Å². The van der Waals surface area contributed by atoms with E-state index in [4.69, 9.17) is 14.5 Å². The molecule has 0 saturated heterocycles. The molecule has 0 fully saturated rings. The number of nitrogens with zero attached hydrogens (tertiary/aromatic N) is 5. The first kappa shape index (κ1) is 18.7. The summed E-state index contributed by atoms with van der Waals surface area (Å²) in [7, 11) is 3.33. The number of hydrogen-bond acceptors (Lipinski definition) is 7. The zero-order valence-electron chi connectivity index (χ0n) is 16.2. The monoisotopic (exact) mass is 360 g/mol. The summed E-state index contributed by atoms with van der Waals surface area (Å²) in [6.45, 7) is 8.02. The standard InChI is InChI=1S/C18H28N6O2/c1-18(2,3)17-20-13(10-25-4)8-14(22-17)19-12-6-7-16-21-15(11-26-5)23-24(16)9-12/h8,12H,6-7,9-11H2,1-5H3,(H,19,20,22). The lowest BCUT2D eigenvalue weighted by molar-refractivity contribution is 0.177. The molecule has 0 aliphatic carbocycles. The predicted octanol–water partition coefficient (Wildman–Crippen LogP) is 2.09. The lowest BCUT2D eigenvalue weighted by Gasteiger charge is -2.25. The van der Waals surface area contributed by atoms with E-state index in [0.29, 0.717) is 13.2 Å². The number of ether oxygens (including phenoxy) is 2. The molecule has 0 spiro atoms. The minimum atomic E-state index is -0.124. The van der Waals surface area contributed by atoms with Crippen LogP contribution in [0.25, 0.3) is 0 Å². The molecule has 1 unspecified atom stereocenters. The molecule has 8 nitrogen and oxygen atoms in total. The highest BCUT2D eigenvalue weighted by Crippen LogP contribution is 2.23. The van der Waals surface area contributed by atoms with E-state index >= 15 is 0 Å². The molecule has 0 radical (unpaired) electrons. The van der Waals surface area contributed by atoms with Gasteiger partial charge in [-0.05, 0) is 6.42 Å². The van der Waals surface area contributed by atoms with E-state index in [2.05, 4.69) is 41.2 Å². The topological polar surface area (TPSA) is 87.0 Å². The van der Waals surface area contributed by atoms with Gasteiger partial charge in [-0.1, -0.05) is 20.8 Å². The zero-order chi connectivity index (χ0) is 18.7. The Morgan fingerprint density at radius 1 is 1.15 bits per heavy atom. The molecule has 8 heteroatoms. The highest BCUT2D eigenvalue weighted by molar-refractivity contribution is 5.38. The minimum Gasteiger partial charge on any atom is -0.378 e. The fourth-order valence-electron chi connectivity index (χ4n) is 3.01. The number of aryl methyl sites for hydroxylation is 1. The quantitative estimate of drug-likeness (QED) is 0.844. The molecular formula is C18H28N6O2. The SMILES string of the molecule is COCc1cc(NC2CCc3nc(COC)nn3C2)nc(C(C)(C)C)n1. The van der Waals surface area contributed by atoms with Gasteiger partial charge in [-0.2, -0.15) is 5.10 Å². The normalized spacial score (nSPS) is 17.2. The molecule has 0 aromatic carbocycles. The van der Waals surface area contributed by atoms with Gasteiger partial charge in [0.1, 0.15) is 24.1 Å². The van der Waals surface area contributed by atoms with Crippen LogP contribution < -0.4 is 5.32 Å². The molecule has 1 aliphatic heterocycles. The number of rotatable bonds is 6. The first-order chi connectivity index (χ1) is 12.4. The van der Waals surface area contributed by atoms with Gasteiger partial charge in [-0.3, -0.25) is 0 Å². The van der Waals surface area contributed by atoms with Crippen molar-refractivity contribution >= 4 is 5.82 Å². The van der Waals surface area contributed by atoms with Crippen molar-refractivity contribution in [3.05, 3.63) is 29.2 Å². The van der Waals surface area contributed by atoms with Crippen LogP contribution in [-0.4, -0.2) is 45.0 Å². The van der Waals surface area contributed by atoms with Gasteiger partial charge in [0.2, 0.25) is 0 Å². The van der Waals surface area contributed by atoms with Crippen molar-refractivity contribution in [1.29, 1.82) is 0 Å². The molecule has 2 aromatic rings. The predicted molar refractivity (Wildman–Crippen MR) is 97.9 cm³/mol. The Hall–Kier alpha value is -2.06. The van der Waals surface area contributed by atoms with E-state index in [1.807, 2.05) is 10.7 Å². The van der Waals surface area contributed by atoms with E-state index in [1.54, 1.807) is 14.2 Å². The fourth-order valence-corrected chi connectivity index (χ4v) is 3.01. The van der Waals surface area contributed by atoms with Gasteiger partial charge in [0.05, 0.1) is 18.8 Å². The lowest BCUT2D eigenvalue weighted by atomic mass is 9.95. The molecule has 3 rings (SSSR count). The number of hydrogen-bond donors (Lipinski definition) is 1. The van der Waals surface area contributed by atoms with E-state index in [1.165, 1.54) is 0 Å². The Morgan fingerprint density at radius 2 is 1.92 bits per heavy atom. The van der Waals surface area contributed by atoms with Crippen LogP contribution in [0, 0.1) is 0 Å². The lowest BCUT2D eigenvalue weighted by Crippen LogP contribution is -2.32. The summed E-state index contributed by atoms with van der Waals surface area (Å²) in [5, 5.41) is 8.07. The largest absolute Gasteiger partial charge is 0.378 e. The van der Waals surface area contributed by atoms with Crippen molar-refractivity contribution in [3.8, 4) is 0 Å². The van der Waals surface area contributed by atoms with Crippen molar-refractivity contribution in [1.82, 2.24) is 24.7 Å². The highest BCUT2D eigenvalue weighted by atomic mass is 16.5. The van der Waals surface area contributed by atoms with Crippen molar-refractivity contribution in [2.24, 2.45) is 0 Å². The third-order valence-corrected chi connectivity index (χ3v) is 4.27. The average Bonchev–Trinajstić information content (AvgIpc) is 2.96. The number of nitrogens with one attached hydrogen (secondary N) is 1. The first-order valence-electron chi connectivity index (χ1n) is 8.94. The second-order valence-electron chi connectivity index (χ2n) is 7.69. The van der Waals surface area contributed by atoms with Gasteiger partial charge in [-0.25, -0.2) is 19.6 Å². The summed E-state index contributed by atoms with van der Waals surface area (Å²) in [5.74, 6) is 3.41. The number of aromatic nitrogens is 5. The summed E-state index contributed by atoms with van der Waals surface area (Å²) < 4.78 is 12.4. The van der Waals surface area contributed by atoms with Crippen molar-refractivity contribution in [3.63, 3.8) is 0 Å². The maximum Gasteiger partial charge on any atom is 0.176 e. The first-order valence-corrected chi connectivity index (χ1v) is 8.94. The molecule has 0 amide bonds. The van der Waals surface area contributed by atoms with Crippen LogP contribution in [0.2, 0.25) is 0 Å². The van der Waals surface area contributed by atoms with Gasteiger partial charge in [0.15, 0.2) is 5.82 Å². The maximum absolute atomic E-state index is 5.26. The van der Waals surface area contributed by atoms with Crippen LogP contribution in [0.3, 0.4) is 0 Å². The molecule has 1 aliphatic rings. The maximum atomic E-state index is 5.26.